The smallest absolute Gasteiger partial charge is 0.337 e. The van der Waals surface area contributed by atoms with Gasteiger partial charge in [-0.15, -0.1) is 0 Å². The molecule has 2 unspecified atom stereocenters. The van der Waals surface area contributed by atoms with Gasteiger partial charge in [-0.05, 0) is 19.9 Å². The molecule has 158 valence electrons. The van der Waals surface area contributed by atoms with Crippen LogP contribution >= 0.6 is 0 Å². The fourth-order valence-electron chi connectivity index (χ4n) is 4.08. The zero-order valence-electron chi connectivity index (χ0n) is 16.6. The van der Waals surface area contributed by atoms with Gasteiger partial charge in [-0.2, -0.15) is 0 Å². The highest BCUT2D eigenvalue weighted by atomic mass is 16.5. The second-order valence-corrected chi connectivity index (χ2v) is 7.25. The van der Waals surface area contributed by atoms with E-state index in [1.165, 1.54) is 0 Å². The molecular formula is C20H22N4O6. The van der Waals surface area contributed by atoms with Crippen molar-refractivity contribution in [3.8, 4) is 5.75 Å². The van der Waals surface area contributed by atoms with Gasteiger partial charge in [0.25, 0.3) is 5.91 Å². The van der Waals surface area contributed by atoms with E-state index in [0.29, 0.717) is 11.3 Å². The van der Waals surface area contributed by atoms with Crippen LogP contribution in [-0.4, -0.2) is 54.6 Å². The van der Waals surface area contributed by atoms with E-state index in [1.807, 2.05) is 0 Å². The largest absolute Gasteiger partial charge is 0.493 e. The summed E-state index contributed by atoms with van der Waals surface area (Å²) < 4.78 is 10.7. The Labute approximate surface area is 172 Å². The highest BCUT2D eigenvalue weighted by Crippen LogP contribution is 2.41. The first-order valence-electron chi connectivity index (χ1n) is 9.71. The molecule has 2 atom stereocenters. The third-order valence-corrected chi connectivity index (χ3v) is 5.44. The van der Waals surface area contributed by atoms with Gasteiger partial charge >= 0.3 is 18.0 Å². The number of para-hydroxylation sites is 1. The monoisotopic (exact) mass is 414 g/mol. The van der Waals surface area contributed by atoms with Crippen molar-refractivity contribution in [2.24, 2.45) is 0 Å². The first-order chi connectivity index (χ1) is 14.4. The number of fused-ring (bicyclic) bond motifs is 2. The molecule has 0 aliphatic carbocycles. The van der Waals surface area contributed by atoms with Crippen LogP contribution in [0.25, 0.3) is 0 Å². The Morgan fingerprint density at radius 2 is 2.07 bits per heavy atom. The molecule has 3 heterocycles. The Balaban J connectivity index is 1.69. The van der Waals surface area contributed by atoms with Crippen LogP contribution in [0.5, 0.6) is 5.75 Å². The van der Waals surface area contributed by atoms with Gasteiger partial charge < -0.3 is 25.4 Å². The number of rotatable bonds is 4. The average molecular weight is 414 g/mol. The molecule has 1 aromatic carbocycles. The van der Waals surface area contributed by atoms with Crippen molar-refractivity contribution in [2.75, 3.05) is 19.8 Å². The van der Waals surface area contributed by atoms with Crippen LogP contribution in [0.4, 0.5) is 9.59 Å². The predicted molar refractivity (Wildman–Crippen MR) is 103 cm³/mol. The molecular weight excluding hydrogens is 392 g/mol. The minimum atomic E-state index is -1.24. The third-order valence-electron chi connectivity index (χ3n) is 5.44. The fraction of sp³-hybridized carbons (Fsp3) is 0.400. The van der Waals surface area contributed by atoms with E-state index in [0.717, 1.165) is 4.90 Å². The van der Waals surface area contributed by atoms with Gasteiger partial charge in [0.15, 0.2) is 5.54 Å². The first-order valence-corrected chi connectivity index (χ1v) is 9.71. The molecule has 30 heavy (non-hydrogen) atoms. The summed E-state index contributed by atoms with van der Waals surface area (Å²) in [6, 6.07) is 5.29. The number of carbonyl (C=O) groups is 4. The number of urea groups is 2. The van der Waals surface area contributed by atoms with E-state index in [2.05, 4.69) is 16.0 Å². The quantitative estimate of drug-likeness (QED) is 0.493. The summed E-state index contributed by atoms with van der Waals surface area (Å²) in [7, 11) is 0. The molecule has 0 bridgehead atoms. The zero-order valence-corrected chi connectivity index (χ0v) is 16.6. The Kier molecular flexibility index (Phi) is 4.84. The maximum absolute atomic E-state index is 13.4. The Hall–Kier alpha value is -3.56. The number of nitrogens with zero attached hydrogens (tertiary/aromatic N) is 1. The minimum absolute atomic E-state index is 0.152. The summed E-state index contributed by atoms with van der Waals surface area (Å²) in [4.78, 5) is 51.6. The van der Waals surface area contributed by atoms with Crippen molar-refractivity contribution in [3.05, 3.63) is 41.1 Å². The first kappa shape index (κ1) is 19.7. The molecule has 0 aromatic heterocycles. The summed E-state index contributed by atoms with van der Waals surface area (Å²) in [5.74, 6) is -0.542. The van der Waals surface area contributed by atoms with Crippen molar-refractivity contribution in [3.63, 3.8) is 0 Å². The summed E-state index contributed by atoms with van der Waals surface area (Å²) in [6.45, 7) is 3.46. The number of imide groups is 1. The van der Waals surface area contributed by atoms with E-state index in [-0.39, 0.29) is 37.4 Å². The highest BCUT2D eigenvalue weighted by Gasteiger charge is 2.55. The lowest BCUT2D eigenvalue weighted by Gasteiger charge is -2.33. The van der Waals surface area contributed by atoms with Crippen molar-refractivity contribution in [2.45, 2.75) is 31.8 Å². The molecule has 1 fully saturated rings. The van der Waals surface area contributed by atoms with Crippen LogP contribution < -0.4 is 20.7 Å². The second-order valence-electron chi connectivity index (χ2n) is 7.25. The summed E-state index contributed by atoms with van der Waals surface area (Å²) >= 11 is 0. The van der Waals surface area contributed by atoms with Gasteiger partial charge in [0.1, 0.15) is 5.75 Å². The predicted octanol–water partition coefficient (Wildman–Crippen LogP) is 0.735. The number of amides is 5. The van der Waals surface area contributed by atoms with E-state index >= 15 is 0 Å². The van der Waals surface area contributed by atoms with Crippen molar-refractivity contribution < 1.29 is 28.7 Å². The SMILES string of the molecule is CCOC(=O)C1=C(CN2C(=O)NC3(CCOc4ccccc43)C2=O)NC(=O)NC1C. The normalized spacial score (nSPS) is 25.3. The zero-order chi connectivity index (χ0) is 21.5. The number of nitrogens with one attached hydrogen (secondary N) is 3. The van der Waals surface area contributed by atoms with E-state index in [4.69, 9.17) is 9.47 Å². The third kappa shape index (κ3) is 3.04. The molecule has 5 amide bonds. The second kappa shape index (κ2) is 7.36. The maximum atomic E-state index is 13.4. The lowest BCUT2D eigenvalue weighted by molar-refractivity contribution is -0.139. The lowest BCUT2D eigenvalue weighted by atomic mass is 9.84. The lowest BCUT2D eigenvalue weighted by Crippen LogP contribution is -2.52. The van der Waals surface area contributed by atoms with Gasteiger partial charge in [0.2, 0.25) is 0 Å². The average Bonchev–Trinajstić information content (AvgIpc) is 2.93. The molecule has 3 aliphatic heterocycles. The Morgan fingerprint density at radius 3 is 2.83 bits per heavy atom. The molecule has 0 saturated carbocycles. The molecule has 10 heteroatoms. The van der Waals surface area contributed by atoms with Crippen LogP contribution in [0.3, 0.4) is 0 Å². The van der Waals surface area contributed by atoms with Gasteiger partial charge in [0, 0.05) is 12.0 Å². The van der Waals surface area contributed by atoms with E-state index in [9.17, 15) is 19.2 Å². The van der Waals surface area contributed by atoms with Crippen LogP contribution in [-0.2, 0) is 19.9 Å². The van der Waals surface area contributed by atoms with Crippen molar-refractivity contribution >= 4 is 23.9 Å². The summed E-state index contributed by atoms with van der Waals surface area (Å²) in [5.41, 5.74) is -0.325. The molecule has 10 nitrogen and oxygen atoms in total. The molecule has 4 rings (SSSR count). The number of ether oxygens (including phenoxy) is 2. The van der Waals surface area contributed by atoms with E-state index in [1.54, 1.807) is 38.1 Å². The van der Waals surface area contributed by atoms with Crippen molar-refractivity contribution in [1.82, 2.24) is 20.9 Å². The topological polar surface area (TPSA) is 126 Å². The summed E-state index contributed by atoms with van der Waals surface area (Å²) in [6.07, 6.45) is 0.277. The molecule has 0 radical (unpaired) electrons. The molecule has 1 aromatic rings. The molecule has 3 aliphatic rings. The molecule has 1 saturated heterocycles. The van der Waals surface area contributed by atoms with Gasteiger partial charge in [0.05, 0.1) is 37.1 Å². The molecule has 1 spiro atoms. The molecule has 3 N–H and O–H groups in total. The van der Waals surface area contributed by atoms with Gasteiger partial charge in [-0.3, -0.25) is 9.69 Å². The number of carbonyl (C=O) groups excluding carboxylic acids is 4. The fourth-order valence-corrected chi connectivity index (χ4v) is 4.08. The van der Waals surface area contributed by atoms with Crippen LogP contribution in [0.15, 0.2) is 35.5 Å². The number of esters is 1. The number of benzene rings is 1. The van der Waals surface area contributed by atoms with Gasteiger partial charge in [-0.1, -0.05) is 18.2 Å². The van der Waals surface area contributed by atoms with E-state index < -0.39 is 35.5 Å². The maximum Gasteiger partial charge on any atom is 0.337 e. The van der Waals surface area contributed by atoms with Gasteiger partial charge in [-0.25, -0.2) is 14.4 Å². The van der Waals surface area contributed by atoms with Crippen LogP contribution in [0, 0.1) is 0 Å². The Morgan fingerprint density at radius 1 is 1.30 bits per heavy atom. The Bertz CT molecular complexity index is 974. The van der Waals surface area contributed by atoms with Crippen LogP contribution in [0.2, 0.25) is 0 Å². The highest BCUT2D eigenvalue weighted by molar-refractivity contribution is 6.08. The summed E-state index contributed by atoms with van der Waals surface area (Å²) in [5, 5.41) is 7.93. The van der Waals surface area contributed by atoms with Crippen LogP contribution in [0.1, 0.15) is 25.8 Å². The number of hydrogen-bond acceptors (Lipinski definition) is 6. The minimum Gasteiger partial charge on any atom is -0.493 e. The van der Waals surface area contributed by atoms with Crippen molar-refractivity contribution in [1.29, 1.82) is 0 Å². The number of hydrogen-bond donors (Lipinski definition) is 3. The standard InChI is InChI=1S/C20H22N4O6/c1-3-29-16(25)15-11(2)21-18(27)22-13(15)10-24-17(26)20(23-19(24)28)8-9-30-14-7-5-4-6-12(14)20/h4-7,11H,3,8-10H2,1-2H3,(H,23,28)(H2,21,22,27).